The van der Waals surface area contributed by atoms with Crippen molar-refractivity contribution in [2.75, 3.05) is 28.3 Å². The number of nitrogens with zero attached hydrogens (tertiary/aromatic N) is 1. The molecule has 0 saturated carbocycles. The Balaban J connectivity index is 2.23. The number of hydrogen-bond acceptors (Lipinski definition) is 14. The van der Waals surface area contributed by atoms with Crippen LogP contribution in [0, 0.1) is 17.8 Å². The molecule has 3 rings (SSSR count). The molecule has 3 aliphatic rings. The molecule has 0 aromatic carbocycles. The fourth-order valence-electron chi connectivity index (χ4n) is 8.53. The number of hydrogen-bond donors (Lipinski definition) is 4. The number of Topliss-reactive ketones (excluding diaryl/α,β-unsaturated/α-hetero) is 1. The van der Waals surface area contributed by atoms with Crippen LogP contribution in [0.5, 0.6) is 0 Å². The first-order chi connectivity index (χ1) is 23.9. The molecular weight excluding hydrogens is 678 g/mol. The van der Waals surface area contributed by atoms with E-state index in [1.807, 2.05) is 32.8 Å². The molecular formula is C38H69NO13. The Labute approximate surface area is 310 Å². The largest absolute Gasteiger partial charge is 0.459 e. The Kier molecular flexibility index (Phi) is 14.9. The minimum absolute atomic E-state index is 0.106. The highest BCUT2D eigenvalue weighted by Gasteiger charge is 2.55. The number of cyclic esters (lactones) is 1. The highest BCUT2D eigenvalue weighted by atomic mass is 16.7. The summed E-state index contributed by atoms with van der Waals surface area (Å²) in [5.74, 6) is -3.52. The van der Waals surface area contributed by atoms with Crippen LogP contribution in [0.15, 0.2) is 0 Å². The van der Waals surface area contributed by atoms with Crippen molar-refractivity contribution in [3.05, 3.63) is 0 Å². The molecule has 0 radical (unpaired) electrons. The Morgan fingerprint density at radius 2 is 1.46 bits per heavy atom. The first-order valence-corrected chi connectivity index (χ1v) is 18.8. The van der Waals surface area contributed by atoms with Crippen LogP contribution in [-0.4, -0.2) is 149 Å². The second kappa shape index (κ2) is 17.2. The normalized spacial score (nSPS) is 49.0. The summed E-state index contributed by atoms with van der Waals surface area (Å²) in [6.07, 6.45) is -8.14. The van der Waals surface area contributed by atoms with E-state index >= 15 is 0 Å². The SMILES string of the molecule is CC[C@@H]1OC(=O)C[C@](C)(O[C@@H]2C[C@](C)(OC)[C@H](O)[C@H](C)O2)[C@H](C)[C@H](O[C@@H]2O[C@H](C)C[C@H](N(C)C)[C@@H]2O)[C@](C)(OC)C[C@H](C)C(=O)[C@H](C)[C@@H](O)[C@]1(C)O. The van der Waals surface area contributed by atoms with Crippen LogP contribution in [0.2, 0.25) is 0 Å². The third-order valence-corrected chi connectivity index (χ3v) is 12.4. The number of ether oxygens (including phenoxy) is 7. The zero-order valence-corrected chi connectivity index (χ0v) is 34.0. The predicted molar refractivity (Wildman–Crippen MR) is 191 cm³/mol. The molecule has 0 amide bonds. The second-order valence-electron chi connectivity index (χ2n) is 16.8. The summed E-state index contributed by atoms with van der Waals surface area (Å²) in [7, 11) is 6.76. The lowest BCUT2D eigenvalue weighted by molar-refractivity contribution is -0.331. The average Bonchev–Trinajstić information content (AvgIpc) is 3.07. The molecule has 0 aliphatic carbocycles. The maximum Gasteiger partial charge on any atom is 0.309 e. The van der Waals surface area contributed by atoms with E-state index in [-0.39, 0.29) is 43.6 Å². The first-order valence-electron chi connectivity index (χ1n) is 18.8. The van der Waals surface area contributed by atoms with E-state index in [1.54, 1.807) is 48.5 Å². The van der Waals surface area contributed by atoms with Crippen molar-refractivity contribution in [2.45, 2.75) is 185 Å². The van der Waals surface area contributed by atoms with Gasteiger partial charge in [0.1, 0.15) is 29.7 Å². The van der Waals surface area contributed by atoms with Crippen LogP contribution in [0.3, 0.4) is 0 Å². The maximum atomic E-state index is 14.0. The molecule has 0 bridgehead atoms. The van der Waals surface area contributed by atoms with Gasteiger partial charge in [-0.05, 0) is 74.9 Å². The van der Waals surface area contributed by atoms with E-state index in [0.717, 1.165) is 0 Å². The molecule has 14 heteroatoms. The van der Waals surface area contributed by atoms with E-state index in [4.69, 9.17) is 33.2 Å². The van der Waals surface area contributed by atoms with Gasteiger partial charge >= 0.3 is 5.97 Å². The van der Waals surface area contributed by atoms with Crippen LogP contribution in [0.25, 0.3) is 0 Å². The van der Waals surface area contributed by atoms with Crippen molar-refractivity contribution in [1.82, 2.24) is 4.90 Å². The molecule has 4 N–H and O–H groups in total. The van der Waals surface area contributed by atoms with Crippen LogP contribution in [-0.2, 0) is 42.7 Å². The van der Waals surface area contributed by atoms with Crippen molar-refractivity contribution in [2.24, 2.45) is 17.8 Å². The molecule has 3 aliphatic heterocycles. The van der Waals surface area contributed by atoms with E-state index in [2.05, 4.69) is 0 Å². The summed E-state index contributed by atoms with van der Waals surface area (Å²) in [5.41, 5.74) is -5.72. The Hall–Kier alpha value is -1.30. The number of aliphatic hydroxyl groups excluding tert-OH is 3. The first kappa shape index (κ1) is 45.1. The van der Waals surface area contributed by atoms with Crippen LogP contribution >= 0.6 is 0 Å². The standard InChI is InChI=1S/C38H69NO13/c1-15-26-38(10,45)31(43)22(4)29(41)20(2)17-37(9,47-14)33(51-34-30(42)25(39(11)12)16-21(3)48-34)23(5)35(7,18-27(40)50-26)52-28-19-36(8,46-13)32(44)24(6)49-28/h20-26,28,30-34,42-45H,15-19H2,1-14H3/t20-,21+,22-,23+,24-,25-,26-,28+,30-,31+,32+,33-,34-,35-,36-,37+,38+/m0/s1. The van der Waals surface area contributed by atoms with E-state index in [0.29, 0.717) is 6.42 Å². The van der Waals surface area contributed by atoms with Gasteiger partial charge in [-0.15, -0.1) is 0 Å². The average molecular weight is 748 g/mol. The molecule has 52 heavy (non-hydrogen) atoms. The summed E-state index contributed by atoms with van der Waals surface area (Å²) >= 11 is 0. The second-order valence-corrected chi connectivity index (χ2v) is 16.8. The van der Waals surface area contributed by atoms with Gasteiger partial charge < -0.3 is 58.5 Å². The smallest absolute Gasteiger partial charge is 0.309 e. The summed E-state index contributed by atoms with van der Waals surface area (Å²) in [6, 6.07) is -0.286. The topological polar surface area (TPSA) is 183 Å². The lowest BCUT2D eigenvalue weighted by atomic mass is 9.72. The highest BCUT2D eigenvalue weighted by molar-refractivity contribution is 5.83. The summed E-state index contributed by atoms with van der Waals surface area (Å²) in [5, 5.41) is 45.5. The van der Waals surface area contributed by atoms with E-state index < -0.39 is 95.3 Å². The number of aliphatic hydroxyl groups is 4. The van der Waals surface area contributed by atoms with Gasteiger partial charge in [0.05, 0.1) is 47.6 Å². The minimum atomic E-state index is -1.96. The number of esters is 1. The number of methoxy groups -OCH3 is 2. The molecule has 3 heterocycles. The van der Waals surface area contributed by atoms with Crippen molar-refractivity contribution < 1.29 is 63.2 Å². The molecule has 17 atom stereocenters. The zero-order valence-electron chi connectivity index (χ0n) is 34.0. The lowest BCUT2D eigenvalue weighted by Crippen LogP contribution is -2.62. The van der Waals surface area contributed by atoms with Gasteiger partial charge in [-0.1, -0.05) is 27.7 Å². The van der Waals surface area contributed by atoms with Crippen molar-refractivity contribution >= 4 is 11.8 Å². The third-order valence-electron chi connectivity index (χ3n) is 12.4. The fourth-order valence-corrected chi connectivity index (χ4v) is 8.53. The molecule has 3 saturated heterocycles. The van der Waals surface area contributed by atoms with Crippen LogP contribution in [0.1, 0.15) is 101 Å². The number of likely N-dealkylation sites (N-methyl/N-ethyl adjacent to an activating group) is 1. The molecule has 14 nitrogen and oxygen atoms in total. The maximum absolute atomic E-state index is 14.0. The number of ketones is 1. The summed E-state index contributed by atoms with van der Waals surface area (Å²) < 4.78 is 44.0. The van der Waals surface area contributed by atoms with E-state index in [9.17, 15) is 30.0 Å². The molecule has 0 unspecified atom stereocenters. The van der Waals surface area contributed by atoms with Crippen LogP contribution < -0.4 is 0 Å². The van der Waals surface area contributed by atoms with Gasteiger partial charge in [0, 0.05) is 44.4 Å². The van der Waals surface area contributed by atoms with E-state index in [1.165, 1.54) is 21.1 Å². The summed E-state index contributed by atoms with van der Waals surface area (Å²) in [4.78, 5) is 30.0. The fraction of sp³-hybridized carbons (Fsp3) is 0.947. The number of carbonyl (C=O) groups is 2. The van der Waals surface area contributed by atoms with Gasteiger partial charge in [-0.2, -0.15) is 0 Å². The van der Waals surface area contributed by atoms with Gasteiger partial charge in [-0.3, -0.25) is 9.59 Å². The molecule has 0 aromatic heterocycles. The Bertz CT molecular complexity index is 1200. The molecule has 3 fully saturated rings. The van der Waals surface area contributed by atoms with Gasteiger partial charge in [-0.25, -0.2) is 0 Å². The lowest BCUT2D eigenvalue weighted by Gasteiger charge is -2.52. The molecule has 0 spiro atoms. The van der Waals surface area contributed by atoms with Crippen molar-refractivity contribution in [3.63, 3.8) is 0 Å². The molecule has 304 valence electrons. The monoisotopic (exact) mass is 747 g/mol. The minimum Gasteiger partial charge on any atom is -0.459 e. The number of carbonyl (C=O) groups excluding carboxylic acids is 2. The number of rotatable bonds is 8. The summed E-state index contributed by atoms with van der Waals surface area (Å²) in [6.45, 7) is 17.1. The Morgan fingerprint density at radius 3 is 2.00 bits per heavy atom. The van der Waals surface area contributed by atoms with Gasteiger partial charge in [0.15, 0.2) is 12.6 Å². The van der Waals surface area contributed by atoms with Gasteiger partial charge in [0.25, 0.3) is 0 Å². The Morgan fingerprint density at radius 1 is 0.865 bits per heavy atom. The van der Waals surface area contributed by atoms with Crippen molar-refractivity contribution in [1.29, 1.82) is 0 Å². The van der Waals surface area contributed by atoms with Crippen LogP contribution in [0.4, 0.5) is 0 Å². The predicted octanol–water partition coefficient (Wildman–Crippen LogP) is 2.58. The zero-order chi connectivity index (χ0) is 39.7. The highest BCUT2D eigenvalue weighted by Crippen LogP contribution is 2.44. The van der Waals surface area contributed by atoms with Gasteiger partial charge in [0.2, 0.25) is 0 Å². The van der Waals surface area contributed by atoms with Crippen molar-refractivity contribution in [3.8, 4) is 0 Å². The quantitative estimate of drug-likeness (QED) is 0.266. The third kappa shape index (κ3) is 9.38. The molecule has 0 aromatic rings.